The van der Waals surface area contributed by atoms with Crippen LogP contribution in [0.25, 0.3) is 22.2 Å². The number of anilines is 2. The van der Waals surface area contributed by atoms with Crippen LogP contribution in [0.2, 0.25) is 0 Å². The molecule has 8 rings (SSSR count). The fraction of sp³-hybridized carbons (Fsp3) is 0.600. The molecule has 4 saturated heterocycles. The van der Waals surface area contributed by atoms with Crippen molar-refractivity contribution in [3.63, 3.8) is 0 Å². The molecule has 8 heterocycles. The van der Waals surface area contributed by atoms with Crippen LogP contribution in [0.5, 0.6) is 11.9 Å². The number of nitrogen functional groups attached to an aromatic ring is 1. The molecule has 3 aromatic heterocycles. The van der Waals surface area contributed by atoms with Crippen molar-refractivity contribution in [1.82, 2.24) is 30.2 Å². The zero-order valence-corrected chi connectivity index (χ0v) is 25.4. The zero-order valence-electron chi connectivity index (χ0n) is 25.4. The summed E-state index contributed by atoms with van der Waals surface area (Å²) in [4.78, 5) is 19.7. The molecule has 0 radical (unpaired) electrons. The van der Waals surface area contributed by atoms with Crippen molar-refractivity contribution in [1.29, 1.82) is 0 Å². The second-order valence-electron chi connectivity index (χ2n) is 13.3. The summed E-state index contributed by atoms with van der Waals surface area (Å²) >= 11 is 0. The molecule has 5 aliphatic heterocycles. The second kappa shape index (κ2) is 10.6. The summed E-state index contributed by atoms with van der Waals surface area (Å²) in [5.41, 5.74) is 0.675. The van der Waals surface area contributed by atoms with E-state index in [1.165, 1.54) is 4.90 Å². The maximum Gasteiger partial charge on any atom is 0.427 e. The van der Waals surface area contributed by atoms with E-state index in [2.05, 4.69) is 25.3 Å². The van der Waals surface area contributed by atoms with Gasteiger partial charge in [-0.25, -0.2) is 18.7 Å². The molecule has 3 aromatic rings. The first-order chi connectivity index (χ1) is 22.6. The molecule has 6 atom stereocenters. The molecular formula is C30H30F8N8O2. The minimum absolute atomic E-state index is 0.0466. The van der Waals surface area contributed by atoms with E-state index in [4.69, 9.17) is 15.2 Å². The normalized spacial score (nSPS) is 29.9. The second-order valence-corrected chi connectivity index (χ2v) is 13.3. The molecule has 4 fully saturated rings. The lowest BCUT2D eigenvalue weighted by atomic mass is 9.95. The van der Waals surface area contributed by atoms with Crippen molar-refractivity contribution in [2.45, 2.75) is 87.3 Å². The average Bonchev–Trinajstić information content (AvgIpc) is 3.62. The first-order valence-corrected chi connectivity index (χ1v) is 15.7. The fourth-order valence-corrected chi connectivity index (χ4v) is 8.42. The minimum atomic E-state index is -5.06. The highest BCUT2D eigenvalue weighted by Crippen LogP contribution is 2.48. The Hall–Kier alpha value is -3.80. The predicted octanol–water partition coefficient (Wildman–Crippen LogP) is 4.72. The van der Waals surface area contributed by atoms with Crippen LogP contribution in [0.3, 0.4) is 0 Å². The molecule has 0 aromatic carbocycles. The Morgan fingerprint density at radius 3 is 2.65 bits per heavy atom. The van der Waals surface area contributed by atoms with E-state index < -0.39 is 93.8 Å². The summed E-state index contributed by atoms with van der Waals surface area (Å²) in [5, 5.41) is 2.86. The van der Waals surface area contributed by atoms with Gasteiger partial charge in [-0.3, -0.25) is 4.90 Å². The Balaban J connectivity index is 1.35. The molecule has 0 unspecified atom stereocenters. The van der Waals surface area contributed by atoms with Gasteiger partial charge in [-0.05, 0) is 45.2 Å². The molecule has 10 nitrogen and oxygen atoms in total. The van der Waals surface area contributed by atoms with E-state index in [-0.39, 0.29) is 43.4 Å². The number of alkyl halides is 7. The monoisotopic (exact) mass is 686 g/mol. The fourth-order valence-electron chi connectivity index (χ4n) is 8.42. The smallest absolute Gasteiger partial charge is 0.427 e. The number of hydrogen-bond donors (Lipinski definition) is 2. The van der Waals surface area contributed by atoms with Gasteiger partial charge in [0.15, 0.2) is 5.82 Å². The number of aryl methyl sites for hydroxylation is 1. The van der Waals surface area contributed by atoms with Crippen LogP contribution >= 0.6 is 0 Å². The number of piperazine rings is 1. The lowest BCUT2D eigenvalue weighted by Crippen LogP contribution is -2.66. The summed E-state index contributed by atoms with van der Waals surface area (Å²) < 4.78 is 130. The first-order valence-electron chi connectivity index (χ1n) is 15.7. The van der Waals surface area contributed by atoms with Gasteiger partial charge in [0.25, 0.3) is 0 Å². The summed E-state index contributed by atoms with van der Waals surface area (Å²) in [7, 11) is 0. The van der Waals surface area contributed by atoms with Gasteiger partial charge in [0, 0.05) is 37.2 Å². The van der Waals surface area contributed by atoms with E-state index in [0.717, 1.165) is 19.4 Å². The Morgan fingerprint density at radius 1 is 1.10 bits per heavy atom. The maximum atomic E-state index is 16.7. The van der Waals surface area contributed by atoms with Crippen molar-refractivity contribution >= 4 is 22.5 Å². The van der Waals surface area contributed by atoms with Gasteiger partial charge in [-0.1, -0.05) is 0 Å². The predicted molar refractivity (Wildman–Crippen MR) is 155 cm³/mol. The SMILES string of the molecule is Cc1nc(N)cc(-c2nc3c4c(nc(OC[C@@]56CCCN5C[C@H](F)C6)nc4c2F)N2C[C@H]4CC[C@H](N4)[C@H]2[C@H](C(F)(F)F)O3)c1C(F)(F)F. The number of nitrogens with zero attached hydrogens (tertiary/aromatic N) is 6. The van der Waals surface area contributed by atoms with E-state index in [0.29, 0.717) is 25.8 Å². The Bertz CT molecular complexity index is 1810. The highest BCUT2D eigenvalue weighted by Gasteiger charge is 2.58. The van der Waals surface area contributed by atoms with E-state index in [9.17, 15) is 30.7 Å². The highest BCUT2D eigenvalue weighted by molar-refractivity contribution is 5.97. The molecule has 18 heteroatoms. The number of fused-ring (bicyclic) bond motifs is 6. The van der Waals surface area contributed by atoms with Crippen LogP contribution in [-0.2, 0) is 6.18 Å². The highest BCUT2D eigenvalue weighted by atomic mass is 19.4. The number of rotatable bonds is 4. The van der Waals surface area contributed by atoms with Gasteiger partial charge in [0.05, 0.1) is 22.8 Å². The molecule has 5 aliphatic rings. The lowest BCUT2D eigenvalue weighted by Gasteiger charge is -2.43. The van der Waals surface area contributed by atoms with Gasteiger partial charge in [-0.15, -0.1) is 0 Å². The largest absolute Gasteiger partial charge is 0.462 e. The van der Waals surface area contributed by atoms with Crippen LogP contribution in [0, 0.1) is 12.7 Å². The van der Waals surface area contributed by atoms with E-state index in [1.54, 1.807) is 0 Å². The number of aromatic nitrogens is 4. The van der Waals surface area contributed by atoms with E-state index >= 15 is 4.39 Å². The number of nitrogens with one attached hydrogen (secondary N) is 1. The molecule has 258 valence electrons. The van der Waals surface area contributed by atoms with Crippen molar-refractivity contribution in [3.05, 3.63) is 23.1 Å². The summed E-state index contributed by atoms with van der Waals surface area (Å²) in [5.74, 6) is -2.69. The lowest BCUT2D eigenvalue weighted by molar-refractivity contribution is -0.203. The van der Waals surface area contributed by atoms with Crippen molar-refractivity contribution in [3.8, 4) is 23.1 Å². The molecule has 0 spiro atoms. The van der Waals surface area contributed by atoms with Crippen LogP contribution in [0.4, 0.5) is 46.8 Å². The van der Waals surface area contributed by atoms with Crippen molar-refractivity contribution < 1.29 is 44.6 Å². The van der Waals surface area contributed by atoms with Gasteiger partial charge < -0.3 is 25.4 Å². The van der Waals surface area contributed by atoms with Crippen LogP contribution in [-0.4, -0.2) is 93.2 Å². The molecule has 0 aliphatic carbocycles. The van der Waals surface area contributed by atoms with Crippen LogP contribution < -0.4 is 25.4 Å². The molecule has 3 N–H and O–H groups in total. The standard InChI is InChI=1S/C30H30F8N8O2/c1-12-19(29(33,34)35)15(7-17(39)40-12)21-20(32)22-18-25(44-27(43-22)47-11-28-5-2-6-45(28)9-13(31)8-28)46-10-14-3-4-16(41-14)23(46)24(30(36,37)38)48-26(18)42-21/h7,13-14,16,23-24,41H,2-6,8-11H2,1H3,(H2,39,40)/t13-,14-,16+,23+,24-,28+/m1/s1. The molecule has 48 heavy (non-hydrogen) atoms. The molecular weight excluding hydrogens is 656 g/mol. The Kier molecular flexibility index (Phi) is 6.95. The van der Waals surface area contributed by atoms with Crippen molar-refractivity contribution in [2.24, 2.45) is 0 Å². The van der Waals surface area contributed by atoms with Gasteiger partial charge in [-0.2, -0.15) is 36.3 Å². The maximum absolute atomic E-state index is 16.7. The van der Waals surface area contributed by atoms with E-state index in [1.807, 2.05) is 4.90 Å². The van der Waals surface area contributed by atoms with Gasteiger partial charge in [0.1, 0.15) is 41.0 Å². The number of halogens is 8. The molecule has 0 amide bonds. The quantitative estimate of drug-likeness (QED) is 0.374. The summed E-state index contributed by atoms with van der Waals surface area (Å²) in [6.45, 7) is 1.86. The Labute approximate surface area is 268 Å². The number of hydrogen-bond acceptors (Lipinski definition) is 10. The summed E-state index contributed by atoms with van der Waals surface area (Å²) in [6.07, 6.45) is -11.1. The number of ether oxygens (including phenoxy) is 2. The third kappa shape index (κ3) is 4.88. The van der Waals surface area contributed by atoms with Crippen molar-refractivity contribution in [2.75, 3.05) is 36.9 Å². The van der Waals surface area contributed by atoms with Crippen LogP contribution in [0.15, 0.2) is 6.07 Å². The first kappa shape index (κ1) is 31.5. The van der Waals surface area contributed by atoms with Crippen LogP contribution in [0.1, 0.15) is 43.4 Å². The topological polar surface area (TPSA) is 115 Å². The third-order valence-electron chi connectivity index (χ3n) is 10.3. The zero-order chi connectivity index (χ0) is 33.9. The Morgan fingerprint density at radius 2 is 1.90 bits per heavy atom. The number of nitrogens with two attached hydrogens (primary N) is 1. The average molecular weight is 687 g/mol. The summed E-state index contributed by atoms with van der Waals surface area (Å²) in [6, 6.07) is -1.96. The molecule has 0 saturated carbocycles. The van der Waals surface area contributed by atoms with Gasteiger partial charge >= 0.3 is 18.4 Å². The minimum Gasteiger partial charge on any atom is -0.462 e. The molecule has 2 bridgehead atoms. The number of pyridine rings is 2. The van der Waals surface area contributed by atoms with Gasteiger partial charge in [0.2, 0.25) is 12.0 Å². The third-order valence-corrected chi connectivity index (χ3v) is 10.3.